The zero-order valence-corrected chi connectivity index (χ0v) is 13.9. The van der Waals surface area contributed by atoms with E-state index in [9.17, 15) is 4.79 Å². The second-order valence-corrected chi connectivity index (χ2v) is 6.35. The third kappa shape index (κ3) is 3.86. The summed E-state index contributed by atoms with van der Waals surface area (Å²) < 4.78 is 0. The van der Waals surface area contributed by atoms with Gasteiger partial charge in [0, 0.05) is 16.6 Å². The number of carbonyl (C=O) groups excluding carboxylic acids is 1. The number of nitrogens with zero attached hydrogens (tertiary/aromatic N) is 2. The highest BCUT2D eigenvalue weighted by molar-refractivity contribution is 7.10. The molecule has 0 spiro atoms. The Labute approximate surface area is 144 Å². The molecule has 0 atom stereocenters. The molecule has 1 N–H and O–H groups in total. The summed E-state index contributed by atoms with van der Waals surface area (Å²) in [7, 11) is 0. The molecule has 3 rings (SSSR count). The van der Waals surface area contributed by atoms with E-state index in [2.05, 4.69) is 16.4 Å². The van der Waals surface area contributed by atoms with Crippen molar-refractivity contribution in [3.8, 4) is 17.3 Å². The zero-order valence-electron chi connectivity index (χ0n) is 13.1. The van der Waals surface area contributed by atoms with E-state index in [1.807, 2.05) is 48.7 Å². The first-order valence-electron chi connectivity index (χ1n) is 7.45. The molecule has 0 radical (unpaired) electrons. The second kappa shape index (κ2) is 7.07. The molecular formula is C19H15N3OS. The van der Waals surface area contributed by atoms with Gasteiger partial charge >= 0.3 is 0 Å². The van der Waals surface area contributed by atoms with Gasteiger partial charge < -0.3 is 5.32 Å². The van der Waals surface area contributed by atoms with Crippen molar-refractivity contribution in [3.63, 3.8) is 0 Å². The van der Waals surface area contributed by atoms with Gasteiger partial charge in [-0.2, -0.15) is 5.26 Å². The number of carbonyl (C=O) groups is 1. The van der Waals surface area contributed by atoms with Crippen LogP contribution in [0.1, 0.15) is 16.1 Å². The number of nitriles is 1. The Morgan fingerprint density at radius 3 is 2.75 bits per heavy atom. The fourth-order valence-electron chi connectivity index (χ4n) is 2.31. The molecule has 0 aliphatic carbocycles. The molecule has 3 aromatic rings. The third-order valence-electron chi connectivity index (χ3n) is 3.48. The number of benzene rings is 2. The first-order valence-corrected chi connectivity index (χ1v) is 8.33. The number of aryl methyl sites for hydroxylation is 1. The maximum atomic E-state index is 12.1. The lowest BCUT2D eigenvalue weighted by Gasteiger charge is -2.04. The Kier molecular flexibility index (Phi) is 4.69. The van der Waals surface area contributed by atoms with E-state index >= 15 is 0 Å². The molecule has 0 saturated heterocycles. The number of aromatic nitrogens is 1. The molecule has 0 aliphatic rings. The van der Waals surface area contributed by atoms with Crippen molar-refractivity contribution in [2.24, 2.45) is 0 Å². The van der Waals surface area contributed by atoms with Gasteiger partial charge in [0.25, 0.3) is 0 Å². The SMILES string of the molecule is Cc1cccc(NC(=O)Cc2nc(-c3ccc(C#N)cc3)cs2)c1. The van der Waals surface area contributed by atoms with Crippen molar-refractivity contribution in [1.82, 2.24) is 4.98 Å². The molecule has 0 bridgehead atoms. The molecule has 0 aliphatic heterocycles. The summed E-state index contributed by atoms with van der Waals surface area (Å²) >= 11 is 1.46. The van der Waals surface area contributed by atoms with Crippen molar-refractivity contribution in [3.05, 3.63) is 70.0 Å². The van der Waals surface area contributed by atoms with Crippen LogP contribution in [0.2, 0.25) is 0 Å². The predicted octanol–water partition coefficient (Wildman–Crippen LogP) is 4.17. The molecule has 0 unspecified atom stereocenters. The van der Waals surface area contributed by atoms with Gasteiger partial charge in [0.2, 0.25) is 5.91 Å². The first-order chi connectivity index (χ1) is 11.6. The number of amides is 1. The van der Waals surface area contributed by atoms with Gasteiger partial charge in [0.15, 0.2) is 0 Å². The molecule has 4 nitrogen and oxygen atoms in total. The maximum absolute atomic E-state index is 12.1. The quantitative estimate of drug-likeness (QED) is 0.779. The molecule has 5 heteroatoms. The van der Waals surface area contributed by atoms with Gasteiger partial charge in [0.1, 0.15) is 5.01 Å². The minimum atomic E-state index is -0.0821. The van der Waals surface area contributed by atoms with Crippen molar-refractivity contribution in [1.29, 1.82) is 5.26 Å². The monoisotopic (exact) mass is 333 g/mol. The van der Waals surface area contributed by atoms with Crippen LogP contribution in [0.15, 0.2) is 53.9 Å². The van der Waals surface area contributed by atoms with Crippen LogP contribution in [0, 0.1) is 18.3 Å². The summed E-state index contributed by atoms with van der Waals surface area (Å²) in [5.41, 5.74) is 4.28. The summed E-state index contributed by atoms with van der Waals surface area (Å²) in [6.45, 7) is 1.99. The fourth-order valence-corrected chi connectivity index (χ4v) is 3.11. The second-order valence-electron chi connectivity index (χ2n) is 5.41. The van der Waals surface area contributed by atoms with E-state index in [0.717, 1.165) is 27.5 Å². The molecule has 118 valence electrons. The van der Waals surface area contributed by atoms with Gasteiger partial charge in [-0.3, -0.25) is 4.79 Å². The Hall–Kier alpha value is -2.97. The lowest BCUT2D eigenvalue weighted by Crippen LogP contribution is -2.14. The largest absolute Gasteiger partial charge is 0.326 e. The summed E-state index contributed by atoms with van der Waals surface area (Å²) in [5, 5.41) is 14.4. The topological polar surface area (TPSA) is 65.8 Å². The fraction of sp³-hybridized carbons (Fsp3) is 0.105. The average molecular weight is 333 g/mol. The van der Waals surface area contributed by atoms with E-state index in [1.54, 1.807) is 12.1 Å². The summed E-state index contributed by atoms with van der Waals surface area (Å²) in [4.78, 5) is 16.7. The minimum Gasteiger partial charge on any atom is -0.326 e. The minimum absolute atomic E-state index is 0.0821. The predicted molar refractivity (Wildman–Crippen MR) is 95.8 cm³/mol. The summed E-state index contributed by atoms with van der Waals surface area (Å²) in [5.74, 6) is -0.0821. The van der Waals surface area contributed by atoms with Crippen LogP contribution in [-0.4, -0.2) is 10.9 Å². The maximum Gasteiger partial charge on any atom is 0.231 e. The van der Waals surface area contributed by atoms with E-state index in [1.165, 1.54) is 11.3 Å². The highest BCUT2D eigenvalue weighted by Crippen LogP contribution is 2.23. The summed E-state index contributed by atoms with van der Waals surface area (Å²) in [6, 6.07) is 17.1. The molecule has 1 heterocycles. The molecule has 1 aromatic heterocycles. The standard InChI is InChI=1S/C19H15N3OS/c1-13-3-2-4-16(9-13)21-18(23)10-19-22-17(12-24-19)15-7-5-14(11-20)6-8-15/h2-9,12H,10H2,1H3,(H,21,23). The smallest absolute Gasteiger partial charge is 0.231 e. The van der Waals surface area contributed by atoms with Crippen molar-refractivity contribution < 1.29 is 4.79 Å². The normalized spacial score (nSPS) is 10.2. The van der Waals surface area contributed by atoms with E-state index in [0.29, 0.717) is 5.56 Å². The Morgan fingerprint density at radius 2 is 2.04 bits per heavy atom. The number of rotatable bonds is 4. The average Bonchev–Trinajstić information content (AvgIpc) is 3.03. The number of nitrogens with one attached hydrogen (secondary N) is 1. The molecule has 0 fully saturated rings. The van der Waals surface area contributed by atoms with Crippen LogP contribution in [0.5, 0.6) is 0 Å². The van der Waals surface area contributed by atoms with Crippen LogP contribution in [0.3, 0.4) is 0 Å². The first kappa shape index (κ1) is 15.9. The molecule has 1 amide bonds. The molecule has 24 heavy (non-hydrogen) atoms. The third-order valence-corrected chi connectivity index (χ3v) is 4.32. The Bertz CT molecular complexity index is 907. The highest BCUT2D eigenvalue weighted by Gasteiger charge is 2.10. The van der Waals surface area contributed by atoms with Gasteiger partial charge in [-0.15, -0.1) is 11.3 Å². The van der Waals surface area contributed by atoms with E-state index in [-0.39, 0.29) is 12.3 Å². The number of thiazole rings is 1. The van der Waals surface area contributed by atoms with Gasteiger partial charge in [0.05, 0.1) is 23.7 Å². The van der Waals surface area contributed by atoms with Gasteiger partial charge in [-0.05, 0) is 36.8 Å². The number of anilines is 1. The van der Waals surface area contributed by atoms with Gasteiger partial charge in [-0.25, -0.2) is 4.98 Å². The van der Waals surface area contributed by atoms with Crippen LogP contribution in [0.4, 0.5) is 5.69 Å². The lowest BCUT2D eigenvalue weighted by atomic mass is 10.1. The number of hydrogen-bond donors (Lipinski definition) is 1. The Balaban J connectivity index is 1.67. The van der Waals surface area contributed by atoms with Crippen molar-refractivity contribution in [2.45, 2.75) is 13.3 Å². The number of hydrogen-bond acceptors (Lipinski definition) is 4. The molecule has 2 aromatic carbocycles. The highest BCUT2D eigenvalue weighted by atomic mass is 32.1. The summed E-state index contributed by atoms with van der Waals surface area (Å²) in [6.07, 6.45) is 0.245. The van der Waals surface area contributed by atoms with Crippen LogP contribution >= 0.6 is 11.3 Å². The van der Waals surface area contributed by atoms with Crippen molar-refractivity contribution >= 4 is 22.9 Å². The van der Waals surface area contributed by atoms with Crippen LogP contribution in [-0.2, 0) is 11.2 Å². The zero-order chi connectivity index (χ0) is 16.9. The van der Waals surface area contributed by atoms with Gasteiger partial charge in [-0.1, -0.05) is 24.3 Å². The van der Waals surface area contributed by atoms with Crippen LogP contribution in [0.25, 0.3) is 11.3 Å². The molecular weight excluding hydrogens is 318 g/mol. The Morgan fingerprint density at radius 1 is 1.25 bits per heavy atom. The van der Waals surface area contributed by atoms with E-state index in [4.69, 9.17) is 5.26 Å². The van der Waals surface area contributed by atoms with E-state index < -0.39 is 0 Å². The van der Waals surface area contributed by atoms with Crippen molar-refractivity contribution in [2.75, 3.05) is 5.32 Å². The molecule has 0 saturated carbocycles. The van der Waals surface area contributed by atoms with Crippen LogP contribution < -0.4 is 5.32 Å². The lowest BCUT2D eigenvalue weighted by molar-refractivity contribution is -0.115.